The van der Waals surface area contributed by atoms with Gasteiger partial charge in [-0.1, -0.05) is 15.9 Å². The molecule has 6 nitrogen and oxygen atoms in total. The number of nitrogens with zero attached hydrogens (tertiary/aromatic N) is 3. The molecule has 0 radical (unpaired) electrons. The fourth-order valence-corrected chi connectivity index (χ4v) is 2.35. The molecule has 1 aromatic carbocycles. The van der Waals surface area contributed by atoms with Gasteiger partial charge in [0.25, 0.3) is 0 Å². The van der Waals surface area contributed by atoms with Gasteiger partial charge in [-0.25, -0.2) is 15.0 Å². The molecule has 3 rings (SSSR count). The molecule has 0 bridgehead atoms. The fraction of sp³-hybridized carbons (Fsp3) is 0.0833. The summed E-state index contributed by atoms with van der Waals surface area (Å²) in [5.74, 6) is 0.905. The van der Waals surface area contributed by atoms with E-state index >= 15 is 0 Å². The topological polar surface area (TPSA) is 86.7 Å². The predicted octanol–water partition coefficient (Wildman–Crippen LogP) is 2.43. The van der Waals surface area contributed by atoms with Crippen molar-refractivity contribution in [2.75, 3.05) is 5.32 Å². The monoisotopic (exact) mass is 319 g/mol. The van der Waals surface area contributed by atoms with E-state index in [1.165, 1.54) is 6.33 Å². The van der Waals surface area contributed by atoms with Crippen LogP contribution in [0.25, 0.3) is 11.2 Å². The summed E-state index contributed by atoms with van der Waals surface area (Å²) in [4.78, 5) is 15.3. The van der Waals surface area contributed by atoms with Crippen molar-refractivity contribution >= 4 is 32.9 Å². The lowest BCUT2D eigenvalue weighted by Gasteiger charge is -2.07. The summed E-state index contributed by atoms with van der Waals surface area (Å²) in [6, 6.07) is 5.27. The van der Waals surface area contributed by atoms with E-state index in [4.69, 9.17) is 0 Å². The minimum Gasteiger partial charge on any atom is -0.508 e. The third-order valence-corrected chi connectivity index (χ3v) is 3.08. The standard InChI is InChI=1S/C12H10BrN5O/c13-8-1-7(2-9(19)3-8)4-14-11-10-12(16-5-15-10)18-6-17-11/h1-3,5-6,19H,4H2,(H2,14,15,16,17,18). The molecule has 0 aliphatic carbocycles. The largest absolute Gasteiger partial charge is 0.508 e. The van der Waals surface area contributed by atoms with E-state index in [2.05, 4.69) is 41.2 Å². The van der Waals surface area contributed by atoms with Gasteiger partial charge in [0, 0.05) is 11.0 Å². The maximum absolute atomic E-state index is 9.53. The molecule has 0 spiro atoms. The first-order chi connectivity index (χ1) is 9.22. The van der Waals surface area contributed by atoms with Crippen molar-refractivity contribution in [1.29, 1.82) is 0 Å². The van der Waals surface area contributed by atoms with Crippen LogP contribution in [-0.2, 0) is 6.54 Å². The number of aromatic hydroxyl groups is 1. The number of benzene rings is 1. The molecule has 3 N–H and O–H groups in total. The van der Waals surface area contributed by atoms with Crippen molar-refractivity contribution in [3.63, 3.8) is 0 Å². The molecule has 19 heavy (non-hydrogen) atoms. The van der Waals surface area contributed by atoms with Crippen LogP contribution < -0.4 is 5.32 Å². The average molecular weight is 320 g/mol. The van der Waals surface area contributed by atoms with Crippen LogP contribution in [0.3, 0.4) is 0 Å². The summed E-state index contributed by atoms with van der Waals surface area (Å²) in [7, 11) is 0. The summed E-state index contributed by atoms with van der Waals surface area (Å²) in [6.07, 6.45) is 3.04. The highest BCUT2D eigenvalue weighted by Gasteiger charge is 2.05. The first-order valence-electron chi connectivity index (χ1n) is 5.59. The van der Waals surface area contributed by atoms with E-state index in [0.717, 1.165) is 15.6 Å². The van der Waals surface area contributed by atoms with Crippen LogP contribution in [-0.4, -0.2) is 25.0 Å². The molecule has 0 aliphatic rings. The molecule has 0 unspecified atom stereocenters. The van der Waals surface area contributed by atoms with Crippen LogP contribution in [0.5, 0.6) is 5.75 Å². The molecule has 96 valence electrons. The minimum atomic E-state index is 0.223. The smallest absolute Gasteiger partial charge is 0.182 e. The Hall–Kier alpha value is -2.15. The van der Waals surface area contributed by atoms with Gasteiger partial charge in [-0.2, -0.15) is 0 Å². The van der Waals surface area contributed by atoms with Crippen molar-refractivity contribution in [1.82, 2.24) is 19.9 Å². The molecule has 0 amide bonds. The number of hydrogen-bond acceptors (Lipinski definition) is 5. The number of fused-ring (bicyclic) bond motifs is 1. The van der Waals surface area contributed by atoms with Gasteiger partial charge in [0.05, 0.1) is 6.33 Å². The maximum Gasteiger partial charge on any atom is 0.182 e. The molecule has 2 heterocycles. The van der Waals surface area contributed by atoms with Gasteiger partial charge in [-0.3, -0.25) is 0 Å². The summed E-state index contributed by atoms with van der Waals surface area (Å²) >= 11 is 3.34. The van der Waals surface area contributed by atoms with Gasteiger partial charge in [0.1, 0.15) is 17.6 Å². The number of phenolic OH excluding ortho intramolecular Hbond substituents is 1. The zero-order valence-corrected chi connectivity index (χ0v) is 11.3. The number of nitrogens with one attached hydrogen (secondary N) is 2. The zero-order valence-electron chi connectivity index (χ0n) is 9.76. The quantitative estimate of drug-likeness (QED) is 0.690. The van der Waals surface area contributed by atoms with E-state index < -0.39 is 0 Å². The summed E-state index contributed by atoms with van der Waals surface area (Å²) in [6.45, 7) is 0.540. The summed E-state index contributed by atoms with van der Waals surface area (Å²) in [5, 5.41) is 12.7. The highest BCUT2D eigenvalue weighted by Crippen LogP contribution is 2.21. The molecule has 7 heteroatoms. The third kappa shape index (κ3) is 2.50. The molecular weight excluding hydrogens is 310 g/mol. The Kier molecular flexibility index (Phi) is 3.04. The lowest BCUT2D eigenvalue weighted by molar-refractivity contribution is 0.474. The van der Waals surface area contributed by atoms with E-state index in [1.807, 2.05) is 6.07 Å². The van der Waals surface area contributed by atoms with Gasteiger partial charge in [0.15, 0.2) is 11.5 Å². The van der Waals surface area contributed by atoms with Crippen LogP contribution in [0.1, 0.15) is 5.56 Å². The number of rotatable bonds is 3. The maximum atomic E-state index is 9.53. The molecule has 2 aromatic heterocycles. The van der Waals surface area contributed by atoms with E-state index in [-0.39, 0.29) is 5.75 Å². The van der Waals surface area contributed by atoms with Crippen molar-refractivity contribution in [3.8, 4) is 5.75 Å². The Morgan fingerprint density at radius 3 is 2.95 bits per heavy atom. The number of imidazole rings is 1. The Labute approximate surface area is 117 Å². The zero-order chi connectivity index (χ0) is 13.2. The van der Waals surface area contributed by atoms with Crippen molar-refractivity contribution in [3.05, 3.63) is 40.9 Å². The number of aromatic nitrogens is 4. The predicted molar refractivity (Wildman–Crippen MR) is 74.8 cm³/mol. The van der Waals surface area contributed by atoms with Gasteiger partial charge in [0.2, 0.25) is 0 Å². The van der Waals surface area contributed by atoms with Gasteiger partial charge in [-0.15, -0.1) is 0 Å². The van der Waals surface area contributed by atoms with Crippen molar-refractivity contribution in [2.24, 2.45) is 0 Å². The van der Waals surface area contributed by atoms with Gasteiger partial charge in [-0.05, 0) is 23.8 Å². The number of aromatic amines is 1. The number of anilines is 1. The van der Waals surface area contributed by atoms with E-state index in [9.17, 15) is 5.11 Å². The molecule has 0 saturated carbocycles. The highest BCUT2D eigenvalue weighted by molar-refractivity contribution is 9.10. The van der Waals surface area contributed by atoms with E-state index in [0.29, 0.717) is 18.0 Å². The first-order valence-corrected chi connectivity index (χ1v) is 6.38. The molecule has 0 fully saturated rings. The lowest BCUT2D eigenvalue weighted by Crippen LogP contribution is -2.02. The molecule has 0 saturated heterocycles. The third-order valence-electron chi connectivity index (χ3n) is 2.63. The van der Waals surface area contributed by atoms with Crippen LogP contribution in [0.2, 0.25) is 0 Å². The number of H-pyrrole nitrogens is 1. The average Bonchev–Trinajstić information content (AvgIpc) is 2.83. The molecule has 3 aromatic rings. The van der Waals surface area contributed by atoms with Crippen LogP contribution >= 0.6 is 15.9 Å². The fourth-order valence-electron chi connectivity index (χ4n) is 1.82. The Balaban J connectivity index is 1.84. The second-order valence-corrected chi connectivity index (χ2v) is 4.91. The molecule has 0 atom stereocenters. The summed E-state index contributed by atoms with van der Waals surface area (Å²) < 4.78 is 0.832. The molecule has 0 aliphatic heterocycles. The Morgan fingerprint density at radius 1 is 1.21 bits per heavy atom. The second kappa shape index (κ2) is 4.85. The number of phenols is 1. The van der Waals surface area contributed by atoms with Gasteiger partial charge < -0.3 is 15.4 Å². The first kappa shape index (κ1) is 11.9. The van der Waals surface area contributed by atoms with Crippen LogP contribution in [0, 0.1) is 0 Å². The highest BCUT2D eigenvalue weighted by atomic mass is 79.9. The number of hydrogen-bond donors (Lipinski definition) is 3. The summed E-state index contributed by atoms with van der Waals surface area (Å²) in [5.41, 5.74) is 2.33. The minimum absolute atomic E-state index is 0.223. The second-order valence-electron chi connectivity index (χ2n) is 3.99. The normalized spacial score (nSPS) is 10.8. The van der Waals surface area contributed by atoms with Crippen LogP contribution in [0.4, 0.5) is 5.82 Å². The lowest BCUT2D eigenvalue weighted by atomic mass is 10.2. The van der Waals surface area contributed by atoms with Crippen LogP contribution in [0.15, 0.2) is 35.3 Å². The Morgan fingerprint density at radius 2 is 2.11 bits per heavy atom. The Bertz CT molecular complexity index is 707. The number of halogens is 1. The van der Waals surface area contributed by atoms with Gasteiger partial charge >= 0.3 is 0 Å². The molecular formula is C12H10BrN5O. The van der Waals surface area contributed by atoms with Crippen molar-refractivity contribution < 1.29 is 5.11 Å². The SMILES string of the molecule is Oc1cc(Br)cc(CNc2ncnc3nc[nH]c23)c1. The van der Waals surface area contributed by atoms with Crippen molar-refractivity contribution in [2.45, 2.75) is 6.54 Å². The van der Waals surface area contributed by atoms with E-state index in [1.54, 1.807) is 18.5 Å².